The maximum absolute atomic E-state index is 11.6. The molecule has 3 atom stereocenters. The molecule has 0 N–H and O–H groups in total. The van der Waals surface area contributed by atoms with Gasteiger partial charge in [0.15, 0.2) is 0 Å². The van der Waals surface area contributed by atoms with E-state index in [4.69, 9.17) is 0 Å². The van der Waals surface area contributed by atoms with Crippen molar-refractivity contribution in [2.75, 3.05) is 20.4 Å². The van der Waals surface area contributed by atoms with E-state index in [-0.39, 0.29) is 5.25 Å². The van der Waals surface area contributed by atoms with Crippen LogP contribution in [0.3, 0.4) is 0 Å². The SMILES string of the molecule is C=CCCCCCC=CCC[C@@H]([C@H](C)S(C)=O)N(C)C. The molecule has 118 valence electrons. The van der Waals surface area contributed by atoms with Crippen LogP contribution in [0.15, 0.2) is 24.8 Å². The first-order chi connectivity index (χ1) is 9.50. The molecule has 0 saturated heterocycles. The van der Waals surface area contributed by atoms with Gasteiger partial charge in [-0.2, -0.15) is 0 Å². The van der Waals surface area contributed by atoms with Gasteiger partial charge in [-0.1, -0.05) is 24.6 Å². The van der Waals surface area contributed by atoms with Crippen LogP contribution in [-0.4, -0.2) is 40.8 Å². The summed E-state index contributed by atoms with van der Waals surface area (Å²) in [7, 11) is 3.41. The molecule has 0 aliphatic heterocycles. The van der Waals surface area contributed by atoms with Crippen molar-refractivity contribution in [2.24, 2.45) is 0 Å². The van der Waals surface area contributed by atoms with Crippen molar-refractivity contribution in [2.45, 2.75) is 63.2 Å². The molecule has 0 amide bonds. The van der Waals surface area contributed by atoms with E-state index in [9.17, 15) is 4.21 Å². The fraction of sp³-hybridized carbons (Fsp3) is 0.765. The van der Waals surface area contributed by atoms with E-state index in [1.807, 2.05) is 6.08 Å². The maximum atomic E-state index is 11.6. The average Bonchev–Trinajstić information content (AvgIpc) is 2.39. The summed E-state index contributed by atoms with van der Waals surface area (Å²) in [6.45, 7) is 5.82. The van der Waals surface area contributed by atoms with Crippen LogP contribution in [-0.2, 0) is 10.8 Å². The Labute approximate surface area is 128 Å². The number of allylic oxidation sites excluding steroid dienone is 3. The monoisotopic (exact) mass is 299 g/mol. The van der Waals surface area contributed by atoms with Gasteiger partial charge in [0.25, 0.3) is 0 Å². The first kappa shape index (κ1) is 19.6. The van der Waals surface area contributed by atoms with Crippen LogP contribution in [0.25, 0.3) is 0 Å². The lowest BCUT2D eigenvalue weighted by molar-refractivity contribution is 0.276. The van der Waals surface area contributed by atoms with Gasteiger partial charge >= 0.3 is 0 Å². The van der Waals surface area contributed by atoms with E-state index in [1.165, 1.54) is 25.7 Å². The zero-order chi connectivity index (χ0) is 15.4. The molecule has 0 rings (SSSR count). The van der Waals surface area contributed by atoms with Gasteiger partial charge < -0.3 is 4.90 Å². The Morgan fingerprint density at radius 3 is 2.25 bits per heavy atom. The average molecular weight is 300 g/mol. The first-order valence-corrected chi connectivity index (χ1v) is 9.37. The zero-order valence-electron chi connectivity index (χ0n) is 13.8. The second kappa shape index (κ2) is 12.3. The second-order valence-electron chi connectivity index (χ2n) is 5.71. The summed E-state index contributed by atoms with van der Waals surface area (Å²) in [6.07, 6.45) is 16.7. The first-order valence-electron chi connectivity index (χ1n) is 7.75. The standard InChI is InChI=1S/C17H33NOS/c1-6-7-8-9-10-11-12-13-14-15-17(18(3)4)16(2)20(5)19/h6,12-13,16-17H,1,7-11,14-15H2,2-5H3/t16-,17-,20?/m0/s1. The summed E-state index contributed by atoms with van der Waals surface area (Å²) in [5.74, 6) is 0. The lowest BCUT2D eigenvalue weighted by Crippen LogP contribution is -2.39. The van der Waals surface area contributed by atoms with Crippen LogP contribution < -0.4 is 0 Å². The highest BCUT2D eigenvalue weighted by molar-refractivity contribution is 7.84. The molecule has 20 heavy (non-hydrogen) atoms. The Bertz CT molecular complexity index is 299. The highest BCUT2D eigenvalue weighted by Gasteiger charge is 2.21. The van der Waals surface area contributed by atoms with Crippen LogP contribution in [0.4, 0.5) is 0 Å². The van der Waals surface area contributed by atoms with E-state index in [0.29, 0.717) is 6.04 Å². The van der Waals surface area contributed by atoms with E-state index >= 15 is 0 Å². The van der Waals surface area contributed by atoms with Gasteiger partial charge in [0, 0.05) is 28.3 Å². The normalized spacial score (nSPS) is 16.4. The number of hydrogen-bond donors (Lipinski definition) is 0. The van der Waals surface area contributed by atoms with Gasteiger partial charge in [-0.3, -0.25) is 4.21 Å². The predicted molar refractivity (Wildman–Crippen MR) is 92.7 cm³/mol. The predicted octanol–water partition coefficient (Wildman–Crippen LogP) is 4.16. The van der Waals surface area contributed by atoms with Crippen LogP contribution in [0.1, 0.15) is 51.9 Å². The minimum Gasteiger partial charge on any atom is -0.305 e. The Morgan fingerprint density at radius 1 is 1.10 bits per heavy atom. The fourth-order valence-electron chi connectivity index (χ4n) is 2.36. The van der Waals surface area contributed by atoms with Crippen molar-refractivity contribution in [1.29, 1.82) is 0 Å². The summed E-state index contributed by atoms with van der Waals surface area (Å²) in [5, 5.41) is 0.234. The molecular weight excluding hydrogens is 266 g/mol. The number of nitrogens with zero attached hydrogens (tertiary/aromatic N) is 1. The minimum atomic E-state index is -0.748. The Kier molecular flexibility index (Phi) is 12.1. The van der Waals surface area contributed by atoms with Gasteiger partial charge in [0.1, 0.15) is 0 Å². The topological polar surface area (TPSA) is 20.3 Å². The molecule has 2 nitrogen and oxygen atoms in total. The largest absolute Gasteiger partial charge is 0.305 e. The summed E-state index contributed by atoms with van der Waals surface area (Å²) in [4.78, 5) is 2.20. The van der Waals surface area contributed by atoms with Crippen LogP contribution in [0.2, 0.25) is 0 Å². The van der Waals surface area contributed by atoms with Gasteiger partial charge in [-0.05, 0) is 59.5 Å². The van der Waals surface area contributed by atoms with E-state index in [2.05, 4.69) is 44.6 Å². The molecule has 3 heteroatoms. The van der Waals surface area contributed by atoms with Crippen molar-refractivity contribution in [3.05, 3.63) is 24.8 Å². The molecule has 0 radical (unpaired) electrons. The van der Waals surface area contributed by atoms with Crippen molar-refractivity contribution >= 4 is 10.8 Å². The highest BCUT2D eigenvalue weighted by atomic mass is 32.2. The summed E-state index contributed by atoms with van der Waals surface area (Å²) in [6, 6.07) is 0.401. The molecule has 0 bridgehead atoms. The molecular formula is C17H33NOS. The summed E-state index contributed by atoms with van der Waals surface area (Å²) in [5.41, 5.74) is 0. The van der Waals surface area contributed by atoms with Crippen molar-refractivity contribution < 1.29 is 4.21 Å². The molecule has 0 aromatic carbocycles. The van der Waals surface area contributed by atoms with Crippen molar-refractivity contribution in [3.63, 3.8) is 0 Å². The lowest BCUT2D eigenvalue weighted by atomic mass is 10.1. The molecule has 0 aromatic rings. The van der Waals surface area contributed by atoms with Gasteiger partial charge in [-0.15, -0.1) is 6.58 Å². The lowest BCUT2D eigenvalue weighted by Gasteiger charge is -2.28. The number of hydrogen-bond acceptors (Lipinski definition) is 2. The van der Waals surface area contributed by atoms with Gasteiger partial charge in [0.2, 0.25) is 0 Å². The minimum absolute atomic E-state index is 0.234. The maximum Gasteiger partial charge on any atom is 0.0472 e. The summed E-state index contributed by atoms with van der Waals surface area (Å²) < 4.78 is 11.6. The number of rotatable bonds is 12. The third kappa shape index (κ3) is 9.49. The molecule has 0 aromatic heterocycles. The third-order valence-electron chi connectivity index (χ3n) is 3.80. The van der Waals surface area contributed by atoms with Crippen LogP contribution >= 0.6 is 0 Å². The smallest absolute Gasteiger partial charge is 0.0472 e. The van der Waals surface area contributed by atoms with E-state index in [0.717, 1.165) is 19.3 Å². The molecule has 1 unspecified atom stereocenters. The van der Waals surface area contributed by atoms with Gasteiger partial charge in [0.05, 0.1) is 0 Å². The Balaban J connectivity index is 3.83. The van der Waals surface area contributed by atoms with E-state index in [1.54, 1.807) is 6.26 Å². The molecule has 0 spiro atoms. The molecule has 0 aliphatic carbocycles. The van der Waals surface area contributed by atoms with E-state index < -0.39 is 10.8 Å². The fourth-order valence-corrected chi connectivity index (χ4v) is 3.19. The number of unbranched alkanes of at least 4 members (excludes halogenated alkanes) is 4. The highest BCUT2D eigenvalue weighted by Crippen LogP contribution is 2.13. The molecule has 0 aliphatic rings. The Morgan fingerprint density at radius 2 is 1.70 bits per heavy atom. The molecule has 0 heterocycles. The van der Waals surface area contributed by atoms with Crippen molar-refractivity contribution in [1.82, 2.24) is 4.90 Å². The summed E-state index contributed by atoms with van der Waals surface area (Å²) >= 11 is 0. The quantitative estimate of drug-likeness (QED) is 0.398. The molecule has 0 fully saturated rings. The van der Waals surface area contributed by atoms with Crippen LogP contribution in [0, 0.1) is 0 Å². The zero-order valence-corrected chi connectivity index (χ0v) is 14.6. The Hall–Kier alpha value is -0.410. The van der Waals surface area contributed by atoms with Gasteiger partial charge in [-0.25, -0.2) is 0 Å². The second-order valence-corrected chi connectivity index (χ2v) is 7.45. The molecule has 0 saturated carbocycles. The van der Waals surface area contributed by atoms with Crippen LogP contribution in [0.5, 0.6) is 0 Å². The van der Waals surface area contributed by atoms with Crippen molar-refractivity contribution in [3.8, 4) is 0 Å². The third-order valence-corrected chi connectivity index (χ3v) is 5.16.